The summed E-state index contributed by atoms with van der Waals surface area (Å²) in [6, 6.07) is 3.47. The molecule has 0 aliphatic carbocycles. The standard InChI is InChI=1S/C14H21N3O2/c1-3-19-13-5-4-11(9-16-13)17-14(18)12-8-10(2)6-7-15-12/h4-5,9-10,12,15H,3,6-8H2,1-2H3,(H,17,18). The molecule has 1 fully saturated rings. The van der Waals surface area contributed by atoms with Crippen LogP contribution in [0.4, 0.5) is 5.69 Å². The predicted octanol–water partition coefficient (Wildman–Crippen LogP) is 1.81. The Kier molecular flexibility index (Phi) is 4.74. The average molecular weight is 263 g/mol. The number of anilines is 1. The number of piperidine rings is 1. The van der Waals surface area contributed by atoms with Gasteiger partial charge in [-0.05, 0) is 38.3 Å². The van der Waals surface area contributed by atoms with Crippen LogP contribution < -0.4 is 15.4 Å². The van der Waals surface area contributed by atoms with Crippen LogP contribution in [-0.2, 0) is 4.79 Å². The minimum atomic E-state index is -0.102. The van der Waals surface area contributed by atoms with Gasteiger partial charge in [0.1, 0.15) is 0 Å². The van der Waals surface area contributed by atoms with Crippen molar-refractivity contribution in [2.45, 2.75) is 32.7 Å². The lowest BCUT2D eigenvalue weighted by atomic mass is 9.94. The highest BCUT2D eigenvalue weighted by atomic mass is 16.5. The molecule has 2 atom stereocenters. The molecule has 5 heteroatoms. The fraction of sp³-hybridized carbons (Fsp3) is 0.571. The van der Waals surface area contributed by atoms with Crippen molar-refractivity contribution in [2.75, 3.05) is 18.5 Å². The molecule has 1 aliphatic heterocycles. The highest BCUT2D eigenvalue weighted by molar-refractivity contribution is 5.94. The topological polar surface area (TPSA) is 63.2 Å². The minimum absolute atomic E-state index is 0.0116. The molecule has 1 aromatic rings. The number of aromatic nitrogens is 1. The molecule has 104 valence electrons. The first-order chi connectivity index (χ1) is 9.19. The molecule has 1 amide bonds. The Bertz CT molecular complexity index is 419. The Morgan fingerprint density at radius 1 is 1.58 bits per heavy atom. The van der Waals surface area contributed by atoms with E-state index in [1.165, 1.54) is 0 Å². The van der Waals surface area contributed by atoms with E-state index in [1.54, 1.807) is 12.3 Å². The first-order valence-corrected chi connectivity index (χ1v) is 6.82. The maximum atomic E-state index is 12.1. The number of nitrogens with one attached hydrogen (secondary N) is 2. The van der Waals surface area contributed by atoms with E-state index in [1.807, 2.05) is 13.0 Å². The summed E-state index contributed by atoms with van der Waals surface area (Å²) in [6.07, 6.45) is 3.64. The van der Waals surface area contributed by atoms with Gasteiger partial charge in [-0.15, -0.1) is 0 Å². The quantitative estimate of drug-likeness (QED) is 0.869. The fourth-order valence-corrected chi connectivity index (χ4v) is 2.22. The normalized spacial score (nSPS) is 22.8. The lowest BCUT2D eigenvalue weighted by molar-refractivity contribution is -0.119. The van der Waals surface area contributed by atoms with E-state index in [9.17, 15) is 4.79 Å². The zero-order chi connectivity index (χ0) is 13.7. The number of carbonyl (C=O) groups is 1. The van der Waals surface area contributed by atoms with E-state index in [0.29, 0.717) is 24.1 Å². The van der Waals surface area contributed by atoms with Gasteiger partial charge in [0, 0.05) is 6.07 Å². The molecule has 0 saturated carbocycles. The van der Waals surface area contributed by atoms with Crippen LogP contribution in [0.2, 0.25) is 0 Å². The maximum Gasteiger partial charge on any atom is 0.241 e. The van der Waals surface area contributed by atoms with E-state index in [2.05, 4.69) is 22.5 Å². The van der Waals surface area contributed by atoms with Gasteiger partial charge in [0.2, 0.25) is 11.8 Å². The Morgan fingerprint density at radius 2 is 2.42 bits per heavy atom. The van der Waals surface area contributed by atoms with Gasteiger partial charge in [-0.2, -0.15) is 0 Å². The van der Waals surface area contributed by atoms with E-state index >= 15 is 0 Å². The van der Waals surface area contributed by atoms with E-state index in [0.717, 1.165) is 19.4 Å². The van der Waals surface area contributed by atoms with Gasteiger partial charge in [-0.25, -0.2) is 4.98 Å². The van der Waals surface area contributed by atoms with Crippen LogP contribution >= 0.6 is 0 Å². The molecule has 1 aromatic heterocycles. The van der Waals surface area contributed by atoms with Gasteiger partial charge >= 0.3 is 0 Å². The molecule has 0 aromatic carbocycles. The van der Waals surface area contributed by atoms with Crippen molar-refractivity contribution < 1.29 is 9.53 Å². The van der Waals surface area contributed by atoms with Crippen molar-refractivity contribution in [1.29, 1.82) is 0 Å². The Hall–Kier alpha value is -1.62. The SMILES string of the molecule is CCOc1ccc(NC(=O)C2CC(C)CCN2)cn1. The molecule has 2 unspecified atom stereocenters. The first kappa shape index (κ1) is 13.8. The second-order valence-electron chi connectivity index (χ2n) is 4.94. The van der Waals surface area contributed by atoms with Crippen LogP contribution in [0.25, 0.3) is 0 Å². The summed E-state index contributed by atoms with van der Waals surface area (Å²) in [5.74, 6) is 1.18. The highest BCUT2D eigenvalue weighted by Crippen LogP contribution is 2.17. The van der Waals surface area contributed by atoms with Crippen molar-refractivity contribution in [1.82, 2.24) is 10.3 Å². The molecular formula is C14H21N3O2. The molecular weight excluding hydrogens is 242 g/mol. The molecule has 5 nitrogen and oxygen atoms in total. The fourth-order valence-electron chi connectivity index (χ4n) is 2.22. The van der Waals surface area contributed by atoms with Gasteiger partial charge in [0.05, 0.1) is 24.5 Å². The average Bonchev–Trinajstić information content (AvgIpc) is 2.41. The Balaban J connectivity index is 1.90. The van der Waals surface area contributed by atoms with Crippen molar-refractivity contribution in [3.8, 4) is 5.88 Å². The number of rotatable bonds is 4. The molecule has 2 heterocycles. The van der Waals surface area contributed by atoms with Crippen LogP contribution in [0.1, 0.15) is 26.7 Å². The third kappa shape index (κ3) is 3.92. The number of nitrogens with zero attached hydrogens (tertiary/aromatic N) is 1. The number of hydrogen-bond acceptors (Lipinski definition) is 4. The summed E-state index contributed by atoms with van der Waals surface area (Å²) >= 11 is 0. The number of hydrogen-bond donors (Lipinski definition) is 2. The van der Waals surface area contributed by atoms with Crippen LogP contribution in [0.5, 0.6) is 5.88 Å². The Labute approximate surface area is 113 Å². The Morgan fingerprint density at radius 3 is 3.05 bits per heavy atom. The first-order valence-electron chi connectivity index (χ1n) is 6.82. The lowest BCUT2D eigenvalue weighted by Crippen LogP contribution is -2.45. The second kappa shape index (κ2) is 6.52. The third-order valence-corrected chi connectivity index (χ3v) is 3.28. The van der Waals surface area contributed by atoms with Crippen molar-refractivity contribution in [3.63, 3.8) is 0 Å². The van der Waals surface area contributed by atoms with E-state index < -0.39 is 0 Å². The summed E-state index contributed by atoms with van der Waals surface area (Å²) in [5.41, 5.74) is 0.702. The van der Waals surface area contributed by atoms with Crippen molar-refractivity contribution >= 4 is 11.6 Å². The third-order valence-electron chi connectivity index (χ3n) is 3.28. The number of ether oxygens (including phenoxy) is 1. The maximum absolute atomic E-state index is 12.1. The summed E-state index contributed by atoms with van der Waals surface area (Å²) in [6.45, 7) is 5.58. The smallest absolute Gasteiger partial charge is 0.241 e. The monoisotopic (exact) mass is 263 g/mol. The molecule has 0 bridgehead atoms. The summed E-state index contributed by atoms with van der Waals surface area (Å²) in [5, 5.41) is 6.13. The van der Waals surface area contributed by atoms with Crippen molar-refractivity contribution in [3.05, 3.63) is 18.3 Å². The van der Waals surface area contributed by atoms with Crippen molar-refractivity contribution in [2.24, 2.45) is 5.92 Å². The molecule has 0 spiro atoms. The van der Waals surface area contributed by atoms with E-state index in [4.69, 9.17) is 4.74 Å². The molecule has 19 heavy (non-hydrogen) atoms. The minimum Gasteiger partial charge on any atom is -0.478 e. The molecule has 1 aliphatic rings. The van der Waals surface area contributed by atoms with Gasteiger partial charge in [0.25, 0.3) is 0 Å². The summed E-state index contributed by atoms with van der Waals surface area (Å²) in [7, 11) is 0. The van der Waals surface area contributed by atoms with E-state index in [-0.39, 0.29) is 11.9 Å². The van der Waals surface area contributed by atoms with Gasteiger partial charge in [-0.1, -0.05) is 6.92 Å². The largest absolute Gasteiger partial charge is 0.478 e. The van der Waals surface area contributed by atoms with Crippen LogP contribution in [0, 0.1) is 5.92 Å². The molecule has 0 radical (unpaired) electrons. The van der Waals surface area contributed by atoms with Gasteiger partial charge in [0.15, 0.2) is 0 Å². The predicted molar refractivity (Wildman–Crippen MR) is 74.2 cm³/mol. The van der Waals surface area contributed by atoms with Crippen LogP contribution in [-0.4, -0.2) is 30.1 Å². The zero-order valence-electron chi connectivity index (χ0n) is 11.5. The van der Waals surface area contributed by atoms with Gasteiger partial charge < -0.3 is 15.4 Å². The molecule has 2 N–H and O–H groups in total. The van der Waals surface area contributed by atoms with Crippen LogP contribution in [0.3, 0.4) is 0 Å². The number of pyridine rings is 1. The lowest BCUT2D eigenvalue weighted by Gasteiger charge is -2.27. The zero-order valence-corrected chi connectivity index (χ0v) is 11.5. The van der Waals surface area contributed by atoms with Crippen LogP contribution in [0.15, 0.2) is 18.3 Å². The molecule has 2 rings (SSSR count). The summed E-state index contributed by atoms with van der Waals surface area (Å²) < 4.78 is 5.26. The number of carbonyl (C=O) groups excluding carboxylic acids is 1. The molecule has 1 saturated heterocycles. The highest BCUT2D eigenvalue weighted by Gasteiger charge is 2.24. The second-order valence-corrected chi connectivity index (χ2v) is 4.94. The number of amides is 1. The summed E-state index contributed by atoms with van der Waals surface area (Å²) in [4.78, 5) is 16.2. The van der Waals surface area contributed by atoms with Gasteiger partial charge in [-0.3, -0.25) is 4.79 Å².